The van der Waals surface area contributed by atoms with Crippen LogP contribution < -0.4 is 16.2 Å². The van der Waals surface area contributed by atoms with Crippen molar-refractivity contribution in [2.75, 3.05) is 10.7 Å². The first-order chi connectivity index (χ1) is 14.1. The molecule has 2 aliphatic rings. The van der Waals surface area contributed by atoms with Gasteiger partial charge in [0, 0.05) is 22.2 Å². The molecule has 1 amide bonds. The second kappa shape index (κ2) is 6.82. The number of nitrogens with one attached hydrogen (secondary N) is 3. The number of carbonyl (C=O) groups excluding carboxylic acids is 1. The van der Waals surface area contributed by atoms with Crippen LogP contribution in [-0.4, -0.2) is 29.2 Å². The molecular formula is C19H19N6O3S-. The lowest BCUT2D eigenvalue weighted by atomic mass is 9.80. The molecule has 10 heteroatoms. The van der Waals surface area contributed by atoms with Crippen LogP contribution in [0, 0.1) is 0 Å². The molecular weight excluding hydrogens is 392 g/mol. The molecule has 0 saturated heterocycles. The summed E-state index contributed by atoms with van der Waals surface area (Å²) in [4.78, 5) is 22.1. The average molecular weight is 411 g/mol. The zero-order valence-corrected chi connectivity index (χ0v) is 16.3. The van der Waals surface area contributed by atoms with Gasteiger partial charge in [-0.2, -0.15) is 4.98 Å². The summed E-state index contributed by atoms with van der Waals surface area (Å²) in [5, 5.41) is 3.95. The minimum absolute atomic E-state index is 0.0310. The Morgan fingerprint density at radius 2 is 1.90 bits per heavy atom. The summed E-state index contributed by atoms with van der Waals surface area (Å²) in [5.41, 5.74) is 6.51. The third kappa shape index (κ3) is 2.95. The van der Waals surface area contributed by atoms with Gasteiger partial charge in [-0.3, -0.25) is 24.4 Å². The predicted molar refractivity (Wildman–Crippen MR) is 107 cm³/mol. The highest BCUT2D eigenvalue weighted by Gasteiger charge is 2.46. The van der Waals surface area contributed by atoms with Crippen molar-refractivity contribution in [1.29, 1.82) is 0 Å². The first-order valence-electron chi connectivity index (χ1n) is 9.49. The van der Waals surface area contributed by atoms with Gasteiger partial charge in [-0.25, -0.2) is 4.98 Å². The number of aromatic nitrogens is 3. The van der Waals surface area contributed by atoms with E-state index in [1.807, 2.05) is 10.6 Å². The van der Waals surface area contributed by atoms with E-state index in [2.05, 4.69) is 26.1 Å². The first kappa shape index (κ1) is 18.1. The molecule has 1 aromatic carbocycles. The molecule has 1 spiro atoms. The Bertz CT molecular complexity index is 1120. The minimum Gasteiger partial charge on any atom is -0.768 e. The van der Waals surface area contributed by atoms with Crippen LogP contribution in [0.15, 0.2) is 41.4 Å². The fourth-order valence-corrected chi connectivity index (χ4v) is 4.64. The van der Waals surface area contributed by atoms with Gasteiger partial charge in [-0.15, -0.1) is 0 Å². The number of anilines is 3. The second-order valence-electron chi connectivity index (χ2n) is 7.39. The maximum absolute atomic E-state index is 12.8. The summed E-state index contributed by atoms with van der Waals surface area (Å²) in [6.45, 7) is 0. The highest BCUT2D eigenvalue weighted by atomic mass is 32.2. The molecule has 1 aliphatic heterocycles. The Morgan fingerprint density at radius 1 is 1.14 bits per heavy atom. The van der Waals surface area contributed by atoms with E-state index in [1.165, 1.54) is 12.1 Å². The number of fused-ring (bicyclic) bond motifs is 4. The van der Waals surface area contributed by atoms with Crippen molar-refractivity contribution >= 4 is 45.5 Å². The number of hydrogen-bond acceptors (Lipinski definition) is 7. The molecule has 2 aromatic heterocycles. The lowest BCUT2D eigenvalue weighted by Gasteiger charge is -2.41. The van der Waals surface area contributed by atoms with E-state index >= 15 is 0 Å². The van der Waals surface area contributed by atoms with Crippen LogP contribution in [0.2, 0.25) is 0 Å². The van der Waals surface area contributed by atoms with E-state index in [0.29, 0.717) is 17.3 Å². The molecule has 1 atom stereocenters. The Labute approximate surface area is 169 Å². The van der Waals surface area contributed by atoms with Crippen LogP contribution in [0.1, 0.15) is 32.1 Å². The lowest BCUT2D eigenvalue weighted by Crippen LogP contribution is -2.55. The number of benzene rings is 1. The molecule has 3 heterocycles. The molecule has 3 aromatic rings. The maximum Gasteiger partial charge on any atom is 0.264 e. The molecule has 5 rings (SSSR count). The van der Waals surface area contributed by atoms with Crippen LogP contribution >= 0.6 is 0 Å². The number of hydrazine groups is 1. The zero-order chi connectivity index (χ0) is 20.0. The van der Waals surface area contributed by atoms with Crippen LogP contribution in [0.25, 0.3) is 11.0 Å². The highest BCUT2D eigenvalue weighted by molar-refractivity contribution is 7.79. The molecule has 3 N–H and O–H groups in total. The smallest absolute Gasteiger partial charge is 0.264 e. The molecule has 9 nitrogen and oxygen atoms in total. The number of amides is 1. The lowest BCUT2D eigenvalue weighted by molar-refractivity contribution is -0.131. The van der Waals surface area contributed by atoms with Crippen molar-refractivity contribution in [3.63, 3.8) is 0 Å². The largest absolute Gasteiger partial charge is 0.768 e. The van der Waals surface area contributed by atoms with Crippen LogP contribution in [-0.2, 0) is 21.4 Å². The van der Waals surface area contributed by atoms with Gasteiger partial charge in [0.2, 0.25) is 5.95 Å². The van der Waals surface area contributed by atoms with Crippen molar-refractivity contribution < 1.29 is 13.6 Å². The van der Waals surface area contributed by atoms with Crippen molar-refractivity contribution in [2.24, 2.45) is 0 Å². The highest BCUT2D eigenvalue weighted by Crippen LogP contribution is 2.42. The topological polar surface area (TPSA) is 124 Å². The molecule has 1 fully saturated rings. The molecule has 1 aliphatic carbocycles. The minimum atomic E-state index is -2.27. The van der Waals surface area contributed by atoms with Gasteiger partial charge in [-0.05, 0) is 54.3 Å². The van der Waals surface area contributed by atoms with Gasteiger partial charge in [0.05, 0.1) is 0 Å². The summed E-state index contributed by atoms with van der Waals surface area (Å²) in [6.07, 6.45) is 6.39. The zero-order valence-electron chi connectivity index (χ0n) is 15.5. The Balaban J connectivity index is 1.55. The fraction of sp³-hybridized carbons (Fsp3) is 0.316. The van der Waals surface area contributed by atoms with E-state index in [9.17, 15) is 13.6 Å². The standard InChI is InChI=1S/C19H20N6O3S/c26-17-19(8-2-1-3-9-19)25-15(23-24-17)10-12-11-20-18(22-16(12)25)21-13-4-6-14(7-5-13)29(27)28/h4-7,10-11,23H,1-3,8-9H2,(H,24,26)(H,27,28)(H,20,21,22)/p-1. The van der Waals surface area contributed by atoms with Gasteiger partial charge in [0.15, 0.2) is 0 Å². The summed E-state index contributed by atoms with van der Waals surface area (Å²) >= 11 is -2.27. The van der Waals surface area contributed by atoms with E-state index in [4.69, 9.17) is 0 Å². The Kier molecular flexibility index (Phi) is 4.25. The van der Waals surface area contributed by atoms with E-state index < -0.39 is 16.6 Å². The summed E-state index contributed by atoms with van der Waals surface area (Å²) in [7, 11) is 0. The maximum atomic E-state index is 12.8. The van der Waals surface area contributed by atoms with E-state index in [0.717, 1.165) is 43.3 Å². The number of rotatable bonds is 3. The van der Waals surface area contributed by atoms with Crippen LogP contribution in [0.3, 0.4) is 0 Å². The second-order valence-corrected chi connectivity index (χ2v) is 8.33. The first-order valence-corrected chi connectivity index (χ1v) is 10.6. The van der Waals surface area contributed by atoms with Gasteiger partial charge >= 0.3 is 0 Å². The number of hydrogen-bond donors (Lipinski definition) is 3. The van der Waals surface area contributed by atoms with E-state index in [1.54, 1.807) is 18.3 Å². The molecule has 0 bridgehead atoms. The Morgan fingerprint density at radius 3 is 2.62 bits per heavy atom. The van der Waals surface area contributed by atoms with Gasteiger partial charge < -0.3 is 9.87 Å². The summed E-state index contributed by atoms with van der Waals surface area (Å²) in [5.74, 6) is 1.15. The molecule has 1 saturated carbocycles. The molecule has 29 heavy (non-hydrogen) atoms. The molecule has 0 radical (unpaired) electrons. The average Bonchev–Trinajstić information content (AvgIpc) is 3.11. The molecule has 1 unspecified atom stereocenters. The molecule has 150 valence electrons. The van der Waals surface area contributed by atoms with E-state index in [-0.39, 0.29) is 10.8 Å². The summed E-state index contributed by atoms with van der Waals surface area (Å²) in [6, 6.07) is 8.27. The fourth-order valence-electron chi connectivity index (χ4n) is 4.28. The normalized spacial score (nSPS) is 18.7. The van der Waals surface area contributed by atoms with Crippen LogP contribution in [0.4, 0.5) is 17.5 Å². The van der Waals surface area contributed by atoms with Crippen molar-refractivity contribution in [3.8, 4) is 0 Å². The number of carbonyl (C=O) groups is 1. The monoisotopic (exact) mass is 411 g/mol. The third-order valence-electron chi connectivity index (χ3n) is 5.68. The Hall–Kier alpha value is -2.98. The van der Waals surface area contributed by atoms with Crippen LogP contribution in [0.5, 0.6) is 0 Å². The SMILES string of the molecule is O=C1NNc2cc3cnc(Nc4ccc(S(=O)[O-])cc4)nc3n2C12CCCCC2. The predicted octanol–water partition coefficient (Wildman–Crippen LogP) is 2.53. The van der Waals surface area contributed by atoms with Crippen molar-refractivity contribution in [2.45, 2.75) is 42.5 Å². The van der Waals surface area contributed by atoms with Crippen molar-refractivity contribution in [3.05, 3.63) is 36.5 Å². The van der Waals surface area contributed by atoms with Gasteiger partial charge in [0.1, 0.15) is 17.0 Å². The van der Waals surface area contributed by atoms with Gasteiger partial charge in [0.25, 0.3) is 5.91 Å². The number of nitrogens with zero attached hydrogens (tertiary/aromatic N) is 3. The van der Waals surface area contributed by atoms with Gasteiger partial charge in [-0.1, -0.05) is 19.3 Å². The van der Waals surface area contributed by atoms with Crippen molar-refractivity contribution in [1.82, 2.24) is 20.0 Å². The third-order valence-corrected chi connectivity index (χ3v) is 6.34. The summed E-state index contributed by atoms with van der Waals surface area (Å²) < 4.78 is 24.0. The quantitative estimate of drug-likeness (QED) is 0.566.